The first-order valence-electron chi connectivity index (χ1n) is 4.20. The Balaban J connectivity index is 2.50. The molecule has 0 aromatic heterocycles. The second-order valence-corrected chi connectivity index (χ2v) is 4.05. The number of likely N-dealkylation sites (tertiary alicyclic amines) is 1. The van der Waals surface area contributed by atoms with Crippen LogP contribution >= 0.6 is 12.6 Å². The molecule has 0 bridgehead atoms. The van der Waals surface area contributed by atoms with Crippen LogP contribution in [0.15, 0.2) is 0 Å². The molecule has 0 aromatic rings. The Morgan fingerprint density at radius 2 is 2.42 bits per heavy atom. The highest BCUT2D eigenvalue weighted by Crippen LogP contribution is 2.28. The molecule has 0 spiro atoms. The number of rotatable bonds is 2. The van der Waals surface area contributed by atoms with Crippen LogP contribution in [-0.2, 0) is 4.79 Å². The summed E-state index contributed by atoms with van der Waals surface area (Å²) in [7, 11) is 0. The Labute approximate surface area is 78.7 Å². The third-order valence-corrected chi connectivity index (χ3v) is 2.81. The van der Waals surface area contributed by atoms with Crippen molar-refractivity contribution in [1.29, 1.82) is 0 Å². The van der Waals surface area contributed by atoms with Gasteiger partial charge in [-0.3, -0.25) is 4.79 Å². The smallest absolute Gasteiger partial charge is 0.232 e. The second kappa shape index (κ2) is 3.66. The third kappa shape index (κ3) is 1.93. The summed E-state index contributed by atoms with van der Waals surface area (Å²) in [6.07, 6.45) is 1.02. The van der Waals surface area contributed by atoms with E-state index in [1.54, 1.807) is 0 Å². The largest absolute Gasteiger partial charge is 0.341 e. The summed E-state index contributed by atoms with van der Waals surface area (Å²) < 4.78 is 0. The fourth-order valence-electron chi connectivity index (χ4n) is 1.50. The Kier molecular flexibility index (Phi) is 3.01. The standard InChI is InChI=1S/C8H16N2OS/c1-8(5-9)2-3-10(6-8)7(11)4-12/h12H,2-6,9H2,1H3. The Morgan fingerprint density at radius 3 is 2.83 bits per heavy atom. The van der Waals surface area contributed by atoms with Gasteiger partial charge in [-0.25, -0.2) is 0 Å². The van der Waals surface area contributed by atoms with Gasteiger partial charge in [-0.1, -0.05) is 6.92 Å². The number of nitrogens with zero attached hydrogens (tertiary/aromatic N) is 1. The molecular weight excluding hydrogens is 172 g/mol. The fraction of sp³-hybridized carbons (Fsp3) is 0.875. The number of amides is 1. The number of carbonyl (C=O) groups excluding carboxylic acids is 1. The molecule has 1 aliphatic rings. The number of thiol groups is 1. The van der Waals surface area contributed by atoms with Gasteiger partial charge >= 0.3 is 0 Å². The van der Waals surface area contributed by atoms with Crippen LogP contribution < -0.4 is 5.73 Å². The van der Waals surface area contributed by atoms with E-state index in [-0.39, 0.29) is 11.3 Å². The van der Waals surface area contributed by atoms with Gasteiger partial charge in [0, 0.05) is 13.1 Å². The number of hydrogen-bond acceptors (Lipinski definition) is 3. The van der Waals surface area contributed by atoms with Crippen molar-refractivity contribution in [2.45, 2.75) is 13.3 Å². The van der Waals surface area contributed by atoms with E-state index >= 15 is 0 Å². The van der Waals surface area contributed by atoms with Gasteiger partial charge in [0.2, 0.25) is 5.91 Å². The molecule has 0 saturated carbocycles. The molecule has 4 heteroatoms. The van der Waals surface area contributed by atoms with Crippen LogP contribution in [0.1, 0.15) is 13.3 Å². The molecule has 0 radical (unpaired) electrons. The molecule has 1 atom stereocenters. The molecule has 0 aliphatic carbocycles. The molecule has 1 saturated heterocycles. The van der Waals surface area contributed by atoms with Gasteiger partial charge in [0.15, 0.2) is 0 Å². The van der Waals surface area contributed by atoms with Gasteiger partial charge in [0.1, 0.15) is 0 Å². The summed E-state index contributed by atoms with van der Waals surface area (Å²) in [6, 6.07) is 0. The molecule has 1 aliphatic heterocycles. The molecule has 1 amide bonds. The van der Waals surface area contributed by atoms with E-state index in [0.29, 0.717) is 12.3 Å². The van der Waals surface area contributed by atoms with Crippen LogP contribution in [0.4, 0.5) is 0 Å². The second-order valence-electron chi connectivity index (χ2n) is 3.74. The van der Waals surface area contributed by atoms with Crippen LogP contribution in [0.5, 0.6) is 0 Å². The highest BCUT2D eigenvalue weighted by atomic mass is 32.1. The lowest BCUT2D eigenvalue weighted by Gasteiger charge is -2.22. The van der Waals surface area contributed by atoms with E-state index in [0.717, 1.165) is 19.5 Å². The van der Waals surface area contributed by atoms with E-state index in [9.17, 15) is 4.79 Å². The van der Waals surface area contributed by atoms with Crippen molar-refractivity contribution < 1.29 is 4.79 Å². The maximum atomic E-state index is 11.2. The van der Waals surface area contributed by atoms with Crippen LogP contribution in [-0.4, -0.2) is 36.2 Å². The van der Waals surface area contributed by atoms with Crippen molar-refractivity contribution in [2.75, 3.05) is 25.4 Å². The monoisotopic (exact) mass is 188 g/mol. The Bertz CT molecular complexity index is 186. The van der Waals surface area contributed by atoms with Crippen LogP contribution in [0.3, 0.4) is 0 Å². The van der Waals surface area contributed by atoms with Crippen LogP contribution in [0.2, 0.25) is 0 Å². The SMILES string of the molecule is CC1(CN)CCN(C(=O)CS)C1. The highest BCUT2D eigenvalue weighted by molar-refractivity contribution is 7.81. The summed E-state index contributed by atoms with van der Waals surface area (Å²) in [5.74, 6) is 0.427. The van der Waals surface area contributed by atoms with E-state index in [1.165, 1.54) is 0 Å². The molecule has 3 nitrogen and oxygen atoms in total. The predicted octanol–water partition coefficient (Wildman–Crippen LogP) is 0.114. The lowest BCUT2D eigenvalue weighted by Crippen LogP contribution is -2.35. The summed E-state index contributed by atoms with van der Waals surface area (Å²) in [5, 5.41) is 0. The zero-order chi connectivity index (χ0) is 9.19. The first-order chi connectivity index (χ1) is 5.61. The summed E-state index contributed by atoms with van der Waals surface area (Å²) in [6.45, 7) is 4.41. The van der Waals surface area contributed by atoms with E-state index in [1.807, 2.05) is 4.90 Å². The molecule has 0 aromatic carbocycles. The molecule has 12 heavy (non-hydrogen) atoms. The zero-order valence-electron chi connectivity index (χ0n) is 7.42. The number of hydrogen-bond donors (Lipinski definition) is 2. The zero-order valence-corrected chi connectivity index (χ0v) is 8.31. The van der Waals surface area contributed by atoms with Crippen molar-refractivity contribution in [2.24, 2.45) is 11.1 Å². The van der Waals surface area contributed by atoms with E-state index < -0.39 is 0 Å². The summed E-state index contributed by atoms with van der Waals surface area (Å²) in [4.78, 5) is 13.1. The average Bonchev–Trinajstić information content (AvgIpc) is 2.48. The molecule has 1 rings (SSSR count). The average molecular weight is 188 g/mol. The molecule has 1 unspecified atom stereocenters. The van der Waals surface area contributed by atoms with Crippen molar-refractivity contribution in [1.82, 2.24) is 4.90 Å². The highest BCUT2D eigenvalue weighted by Gasteiger charge is 2.34. The maximum Gasteiger partial charge on any atom is 0.232 e. The van der Waals surface area contributed by atoms with Crippen molar-refractivity contribution >= 4 is 18.5 Å². The quantitative estimate of drug-likeness (QED) is 0.604. The Hall–Kier alpha value is -0.220. The number of nitrogens with two attached hydrogens (primary N) is 1. The Morgan fingerprint density at radius 1 is 1.75 bits per heavy atom. The minimum Gasteiger partial charge on any atom is -0.341 e. The summed E-state index contributed by atoms with van der Waals surface area (Å²) >= 11 is 3.95. The van der Waals surface area contributed by atoms with Crippen molar-refractivity contribution in [3.63, 3.8) is 0 Å². The fourth-order valence-corrected chi connectivity index (χ4v) is 1.70. The lowest BCUT2D eigenvalue weighted by molar-refractivity contribution is -0.127. The topological polar surface area (TPSA) is 46.3 Å². The number of carbonyl (C=O) groups is 1. The molecule has 1 heterocycles. The van der Waals surface area contributed by atoms with Gasteiger partial charge in [0.05, 0.1) is 5.75 Å². The van der Waals surface area contributed by atoms with Crippen LogP contribution in [0.25, 0.3) is 0 Å². The van der Waals surface area contributed by atoms with E-state index in [2.05, 4.69) is 19.6 Å². The van der Waals surface area contributed by atoms with Crippen LogP contribution in [0, 0.1) is 5.41 Å². The first kappa shape index (κ1) is 9.86. The minimum atomic E-state index is 0.121. The summed E-state index contributed by atoms with van der Waals surface area (Å²) in [5.41, 5.74) is 5.75. The molecular formula is C8H16N2OS. The van der Waals surface area contributed by atoms with Crippen molar-refractivity contribution in [3.8, 4) is 0 Å². The molecule has 1 fully saturated rings. The van der Waals surface area contributed by atoms with Gasteiger partial charge < -0.3 is 10.6 Å². The van der Waals surface area contributed by atoms with Gasteiger partial charge in [0.25, 0.3) is 0 Å². The van der Waals surface area contributed by atoms with Crippen molar-refractivity contribution in [3.05, 3.63) is 0 Å². The molecule has 2 N–H and O–H groups in total. The molecule has 70 valence electrons. The lowest BCUT2D eigenvalue weighted by atomic mass is 9.90. The van der Waals surface area contributed by atoms with Gasteiger partial charge in [-0.15, -0.1) is 0 Å². The predicted molar refractivity (Wildman–Crippen MR) is 52.2 cm³/mol. The first-order valence-corrected chi connectivity index (χ1v) is 4.83. The van der Waals surface area contributed by atoms with E-state index in [4.69, 9.17) is 5.73 Å². The minimum absolute atomic E-state index is 0.121. The maximum absolute atomic E-state index is 11.2. The third-order valence-electron chi connectivity index (χ3n) is 2.54. The van der Waals surface area contributed by atoms with Gasteiger partial charge in [-0.05, 0) is 18.4 Å². The normalized spacial score (nSPS) is 29.4. The van der Waals surface area contributed by atoms with Gasteiger partial charge in [-0.2, -0.15) is 12.6 Å².